The van der Waals surface area contributed by atoms with Crippen LogP contribution in [-0.2, 0) is 17.6 Å². The lowest BCUT2D eigenvalue weighted by atomic mass is 10.0. The molecule has 29 heavy (non-hydrogen) atoms. The summed E-state index contributed by atoms with van der Waals surface area (Å²) in [6.45, 7) is 4.87. The number of benzene rings is 1. The van der Waals surface area contributed by atoms with Gasteiger partial charge < -0.3 is 10.2 Å². The van der Waals surface area contributed by atoms with Crippen molar-refractivity contribution in [1.82, 2.24) is 9.27 Å². The number of piperazine rings is 1. The highest BCUT2D eigenvalue weighted by molar-refractivity contribution is 7.07. The molecule has 1 amide bonds. The monoisotopic (exact) mass is 448 g/mol. The highest BCUT2D eigenvalue weighted by atomic mass is 35.5. The molecule has 0 bridgehead atoms. The van der Waals surface area contributed by atoms with Crippen molar-refractivity contribution in [2.75, 3.05) is 42.9 Å². The van der Waals surface area contributed by atoms with E-state index in [-0.39, 0.29) is 11.3 Å². The van der Waals surface area contributed by atoms with Crippen LogP contribution >= 0.6 is 34.7 Å². The minimum absolute atomic E-state index is 0.0325. The number of hydrogen-bond donors (Lipinski definition) is 1. The Bertz CT molecular complexity index is 981. The van der Waals surface area contributed by atoms with E-state index in [0.29, 0.717) is 6.42 Å². The Morgan fingerprint density at radius 3 is 2.90 bits per heavy atom. The zero-order valence-corrected chi connectivity index (χ0v) is 18.3. The van der Waals surface area contributed by atoms with E-state index in [4.69, 9.17) is 27.6 Å². The van der Waals surface area contributed by atoms with Crippen molar-refractivity contribution in [2.24, 2.45) is 0 Å². The van der Waals surface area contributed by atoms with Gasteiger partial charge in [-0.3, -0.25) is 9.69 Å². The number of carbonyl (C=O) groups excluding carboxylic acids is 1. The Labute approximate surface area is 184 Å². The average Bonchev–Trinajstić information content (AvgIpc) is 3.30. The van der Waals surface area contributed by atoms with E-state index in [1.807, 2.05) is 6.07 Å². The number of halogens is 2. The van der Waals surface area contributed by atoms with Gasteiger partial charge in [0.25, 0.3) is 0 Å². The van der Waals surface area contributed by atoms with Gasteiger partial charge in [0.1, 0.15) is 5.82 Å². The van der Waals surface area contributed by atoms with Crippen molar-refractivity contribution in [2.45, 2.75) is 24.6 Å². The molecule has 1 aliphatic carbocycles. The van der Waals surface area contributed by atoms with Gasteiger partial charge in [-0.05, 0) is 47.6 Å². The second-order valence-electron chi connectivity index (χ2n) is 7.79. The molecule has 152 valence electrons. The summed E-state index contributed by atoms with van der Waals surface area (Å²) in [6.07, 6.45) is 6.50. The zero-order valence-electron chi connectivity index (χ0n) is 16.0. The summed E-state index contributed by atoms with van der Waals surface area (Å²) in [5, 5.41) is 3.62. The summed E-state index contributed by atoms with van der Waals surface area (Å²) in [5.74, 6) is 1.12. The summed E-state index contributed by atoms with van der Waals surface area (Å²) in [4.78, 5) is 17.6. The van der Waals surface area contributed by atoms with Crippen LogP contribution in [0.3, 0.4) is 0 Å². The van der Waals surface area contributed by atoms with Crippen LogP contribution < -0.4 is 10.2 Å². The molecule has 1 unspecified atom stereocenters. The summed E-state index contributed by atoms with van der Waals surface area (Å²) < 4.78 is 4.70. The Morgan fingerprint density at radius 2 is 2.07 bits per heavy atom. The molecule has 1 N–H and O–H groups in total. The third-order valence-corrected chi connectivity index (χ3v) is 7.49. The largest absolute Gasteiger partial charge is 0.353 e. The number of carbonyl (C=O) groups is 1. The van der Waals surface area contributed by atoms with Crippen LogP contribution in [0.25, 0.3) is 6.08 Å². The first kappa shape index (κ1) is 19.4. The van der Waals surface area contributed by atoms with Gasteiger partial charge in [0.2, 0.25) is 5.91 Å². The molecule has 5 nitrogen and oxygen atoms in total. The first-order chi connectivity index (χ1) is 14.1. The molecule has 1 fully saturated rings. The Kier molecular flexibility index (Phi) is 5.28. The molecule has 1 atom stereocenters. The van der Waals surface area contributed by atoms with Crippen molar-refractivity contribution in [3.05, 3.63) is 44.8 Å². The van der Waals surface area contributed by atoms with Crippen LogP contribution in [-0.4, -0.2) is 47.9 Å². The fraction of sp³-hybridized carbons (Fsp3) is 0.429. The highest BCUT2D eigenvalue weighted by Crippen LogP contribution is 2.41. The molecule has 1 saturated heterocycles. The number of alkyl halides is 1. The van der Waals surface area contributed by atoms with Crippen LogP contribution in [0.15, 0.2) is 18.2 Å². The van der Waals surface area contributed by atoms with Crippen molar-refractivity contribution >= 4 is 58.2 Å². The molecule has 2 aliphatic heterocycles. The minimum atomic E-state index is 0.0325. The molecule has 1 aromatic carbocycles. The molecule has 3 heterocycles. The van der Waals surface area contributed by atoms with Crippen molar-refractivity contribution in [3.8, 4) is 0 Å². The number of nitrogens with zero attached hydrogens (tertiary/aromatic N) is 3. The third kappa shape index (κ3) is 3.79. The molecule has 8 heteroatoms. The molecule has 0 spiro atoms. The number of allylic oxidation sites excluding steroid dienone is 1. The number of amides is 1. The lowest BCUT2D eigenvalue weighted by Crippen LogP contribution is -2.47. The van der Waals surface area contributed by atoms with Crippen LogP contribution in [0.2, 0.25) is 5.02 Å². The van der Waals surface area contributed by atoms with Crippen molar-refractivity contribution in [1.29, 1.82) is 0 Å². The van der Waals surface area contributed by atoms with Crippen LogP contribution in [0, 0.1) is 0 Å². The van der Waals surface area contributed by atoms with Gasteiger partial charge in [0.15, 0.2) is 0 Å². The van der Waals surface area contributed by atoms with Gasteiger partial charge >= 0.3 is 0 Å². The molecular formula is C21H22Cl2N4OS. The number of anilines is 2. The maximum absolute atomic E-state index is 11.6. The molecular weight excluding hydrogens is 427 g/mol. The normalized spacial score (nSPS) is 21.2. The topological polar surface area (TPSA) is 48.5 Å². The van der Waals surface area contributed by atoms with E-state index in [1.54, 1.807) is 11.5 Å². The third-order valence-electron chi connectivity index (χ3n) is 5.93. The summed E-state index contributed by atoms with van der Waals surface area (Å²) in [7, 11) is 0. The SMILES string of the molecule is O=C1Cc2cc(CCN3CCN(c4nsc5c4C(Cl)CC=C5)CC3)c(Cl)cc2N1. The molecule has 0 radical (unpaired) electrons. The predicted octanol–water partition coefficient (Wildman–Crippen LogP) is 4.35. The molecule has 2 aromatic rings. The average molecular weight is 449 g/mol. The van der Waals surface area contributed by atoms with Crippen LogP contribution in [0.1, 0.15) is 33.4 Å². The van der Waals surface area contributed by atoms with Gasteiger partial charge in [-0.1, -0.05) is 23.7 Å². The lowest BCUT2D eigenvalue weighted by molar-refractivity contribution is -0.115. The number of hydrogen-bond acceptors (Lipinski definition) is 5. The first-order valence-electron chi connectivity index (χ1n) is 9.97. The number of nitrogens with one attached hydrogen (secondary N) is 1. The minimum Gasteiger partial charge on any atom is -0.353 e. The van der Waals surface area contributed by atoms with Crippen LogP contribution in [0.5, 0.6) is 0 Å². The summed E-state index contributed by atoms with van der Waals surface area (Å²) >= 11 is 14.6. The molecule has 5 rings (SSSR count). The Hall–Kier alpha value is -1.60. The lowest BCUT2D eigenvalue weighted by Gasteiger charge is -2.36. The van der Waals surface area contributed by atoms with Crippen LogP contribution in [0.4, 0.5) is 11.5 Å². The first-order valence-corrected chi connectivity index (χ1v) is 11.6. The smallest absolute Gasteiger partial charge is 0.228 e. The standard InChI is InChI=1S/C21H22Cl2N4OS/c22-15-2-1-3-18-20(15)21(25-29-18)27-8-6-26(7-9-27)5-4-13-10-14-11-19(28)24-17(14)12-16(13)23/h1,3,10,12,15H,2,4-9,11H2,(H,24,28). The van der Waals surface area contributed by atoms with Crippen molar-refractivity contribution in [3.63, 3.8) is 0 Å². The zero-order chi connectivity index (χ0) is 20.0. The Morgan fingerprint density at radius 1 is 1.24 bits per heavy atom. The van der Waals surface area contributed by atoms with Gasteiger partial charge in [0, 0.05) is 49.0 Å². The maximum atomic E-state index is 11.6. The van der Waals surface area contributed by atoms with Gasteiger partial charge in [-0.25, -0.2) is 0 Å². The second-order valence-corrected chi connectivity index (χ2v) is 9.53. The van der Waals surface area contributed by atoms with Crippen molar-refractivity contribution < 1.29 is 4.79 Å². The van der Waals surface area contributed by atoms with Gasteiger partial charge in [-0.15, -0.1) is 11.6 Å². The molecule has 3 aliphatic rings. The highest BCUT2D eigenvalue weighted by Gasteiger charge is 2.28. The van der Waals surface area contributed by atoms with E-state index in [9.17, 15) is 4.79 Å². The fourth-order valence-corrected chi connectivity index (χ4v) is 5.84. The Balaban J connectivity index is 1.20. The van der Waals surface area contributed by atoms with Gasteiger partial charge in [0.05, 0.1) is 16.7 Å². The maximum Gasteiger partial charge on any atom is 0.228 e. The van der Waals surface area contributed by atoms with E-state index < -0.39 is 0 Å². The predicted molar refractivity (Wildman–Crippen MR) is 121 cm³/mol. The molecule has 1 aromatic heterocycles. The van der Waals surface area contributed by atoms with E-state index in [1.165, 1.54) is 10.4 Å². The summed E-state index contributed by atoms with van der Waals surface area (Å²) in [6, 6.07) is 3.97. The quantitative estimate of drug-likeness (QED) is 0.706. The van der Waals surface area contributed by atoms with E-state index >= 15 is 0 Å². The van der Waals surface area contributed by atoms with E-state index in [0.717, 1.165) is 73.2 Å². The van der Waals surface area contributed by atoms with E-state index in [2.05, 4.69) is 33.3 Å². The number of rotatable bonds is 4. The van der Waals surface area contributed by atoms with Gasteiger partial charge in [-0.2, -0.15) is 4.37 Å². The molecule has 0 saturated carbocycles. The second kappa shape index (κ2) is 7.91. The number of aromatic nitrogens is 1. The number of fused-ring (bicyclic) bond motifs is 2. The fourth-order valence-electron chi connectivity index (χ4n) is 4.31. The summed E-state index contributed by atoms with van der Waals surface area (Å²) in [5.41, 5.74) is 4.24.